The van der Waals surface area contributed by atoms with Crippen LogP contribution in [0.4, 0.5) is 5.69 Å². The Bertz CT molecular complexity index is 411. The van der Waals surface area contributed by atoms with Gasteiger partial charge in [0.15, 0.2) is 6.61 Å². The number of nitrogens with two attached hydrogens (primary N) is 1. The number of esters is 1. The van der Waals surface area contributed by atoms with Crippen molar-refractivity contribution in [2.75, 3.05) is 25.4 Å². The van der Waals surface area contributed by atoms with Gasteiger partial charge in [0.25, 0.3) is 5.91 Å². The molecule has 1 aromatic rings. The van der Waals surface area contributed by atoms with E-state index in [0.717, 1.165) is 0 Å². The molecule has 1 amide bonds. The van der Waals surface area contributed by atoms with Crippen molar-refractivity contribution in [2.24, 2.45) is 0 Å². The number of ether oxygens (including phenoxy) is 1. The fourth-order valence-corrected chi connectivity index (χ4v) is 1.50. The molecule has 5 heteroatoms. The van der Waals surface area contributed by atoms with Crippen LogP contribution in [0.3, 0.4) is 0 Å². The minimum Gasteiger partial charge on any atom is -0.452 e. The molecule has 0 aromatic heterocycles. The smallest absolute Gasteiger partial charge is 0.338 e. The summed E-state index contributed by atoms with van der Waals surface area (Å²) in [6.45, 7) is 4.74. The molecule has 0 saturated carbocycles. The highest BCUT2D eigenvalue weighted by Crippen LogP contribution is 2.07. The molecule has 0 aliphatic rings. The van der Waals surface area contributed by atoms with E-state index in [1.165, 1.54) is 0 Å². The van der Waals surface area contributed by atoms with Crippen LogP contribution in [-0.2, 0) is 9.53 Å². The first-order valence-corrected chi connectivity index (χ1v) is 5.88. The molecule has 1 aromatic carbocycles. The van der Waals surface area contributed by atoms with Gasteiger partial charge >= 0.3 is 5.97 Å². The second-order valence-corrected chi connectivity index (χ2v) is 3.76. The number of amides is 1. The van der Waals surface area contributed by atoms with Gasteiger partial charge in [-0.3, -0.25) is 4.79 Å². The Morgan fingerprint density at radius 1 is 1.17 bits per heavy atom. The molecular weight excluding hydrogens is 232 g/mol. The van der Waals surface area contributed by atoms with E-state index in [9.17, 15) is 9.59 Å². The van der Waals surface area contributed by atoms with Crippen LogP contribution in [0.2, 0.25) is 0 Å². The van der Waals surface area contributed by atoms with E-state index in [1.807, 2.05) is 13.8 Å². The molecule has 0 unspecified atom stereocenters. The van der Waals surface area contributed by atoms with Crippen LogP contribution in [0.5, 0.6) is 0 Å². The third-order valence-corrected chi connectivity index (χ3v) is 2.59. The number of carbonyl (C=O) groups excluding carboxylic acids is 2. The Morgan fingerprint density at radius 3 is 2.22 bits per heavy atom. The number of nitrogen functional groups attached to an aromatic ring is 1. The first kappa shape index (κ1) is 14.0. The van der Waals surface area contributed by atoms with E-state index in [1.54, 1.807) is 29.2 Å². The van der Waals surface area contributed by atoms with Crippen molar-refractivity contribution in [2.45, 2.75) is 13.8 Å². The monoisotopic (exact) mass is 250 g/mol. The molecule has 0 aliphatic heterocycles. The minimum absolute atomic E-state index is 0.191. The largest absolute Gasteiger partial charge is 0.452 e. The number of anilines is 1. The summed E-state index contributed by atoms with van der Waals surface area (Å²) in [5, 5.41) is 0. The van der Waals surface area contributed by atoms with E-state index in [0.29, 0.717) is 24.3 Å². The summed E-state index contributed by atoms with van der Waals surface area (Å²) in [6.07, 6.45) is 0. The van der Waals surface area contributed by atoms with Crippen molar-refractivity contribution < 1.29 is 14.3 Å². The van der Waals surface area contributed by atoms with Gasteiger partial charge in [0.1, 0.15) is 0 Å². The third kappa shape index (κ3) is 3.76. The number of nitrogens with zero attached hydrogens (tertiary/aromatic N) is 1. The van der Waals surface area contributed by atoms with Gasteiger partial charge < -0.3 is 15.4 Å². The lowest BCUT2D eigenvalue weighted by Gasteiger charge is -2.18. The molecule has 0 bridgehead atoms. The topological polar surface area (TPSA) is 72.6 Å². The number of benzene rings is 1. The van der Waals surface area contributed by atoms with Gasteiger partial charge in [-0.25, -0.2) is 4.79 Å². The van der Waals surface area contributed by atoms with E-state index < -0.39 is 5.97 Å². The van der Waals surface area contributed by atoms with Crippen LogP contribution in [0.15, 0.2) is 24.3 Å². The molecule has 0 fully saturated rings. The van der Waals surface area contributed by atoms with Crippen LogP contribution >= 0.6 is 0 Å². The average Bonchev–Trinajstić information content (AvgIpc) is 2.38. The Hall–Kier alpha value is -2.04. The number of rotatable bonds is 5. The van der Waals surface area contributed by atoms with Gasteiger partial charge in [-0.2, -0.15) is 0 Å². The van der Waals surface area contributed by atoms with E-state index in [4.69, 9.17) is 10.5 Å². The summed E-state index contributed by atoms with van der Waals surface area (Å²) >= 11 is 0. The van der Waals surface area contributed by atoms with Crippen molar-refractivity contribution in [3.8, 4) is 0 Å². The third-order valence-electron chi connectivity index (χ3n) is 2.59. The van der Waals surface area contributed by atoms with E-state index >= 15 is 0 Å². The van der Waals surface area contributed by atoms with Gasteiger partial charge in [-0.1, -0.05) is 0 Å². The molecule has 0 atom stereocenters. The van der Waals surface area contributed by atoms with Crippen LogP contribution in [0.1, 0.15) is 24.2 Å². The molecule has 0 radical (unpaired) electrons. The van der Waals surface area contributed by atoms with Crippen molar-refractivity contribution in [1.82, 2.24) is 4.90 Å². The molecule has 0 aliphatic carbocycles. The lowest BCUT2D eigenvalue weighted by Crippen LogP contribution is -2.34. The highest BCUT2D eigenvalue weighted by molar-refractivity contribution is 5.91. The Morgan fingerprint density at radius 2 is 1.72 bits per heavy atom. The maximum atomic E-state index is 11.6. The summed E-state index contributed by atoms with van der Waals surface area (Å²) in [5.74, 6) is -0.709. The Labute approximate surface area is 107 Å². The SMILES string of the molecule is CCN(CC)C(=O)COC(=O)c1ccc(N)cc1. The standard InChI is InChI=1S/C13H18N2O3/c1-3-15(4-2)12(16)9-18-13(17)10-5-7-11(14)8-6-10/h5-8H,3-4,9,14H2,1-2H3. The highest BCUT2D eigenvalue weighted by atomic mass is 16.5. The molecule has 98 valence electrons. The summed E-state index contributed by atoms with van der Waals surface area (Å²) in [4.78, 5) is 24.9. The van der Waals surface area contributed by atoms with Gasteiger partial charge in [0.05, 0.1) is 5.56 Å². The van der Waals surface area contributed by atoms with Crippen LogP contribution in [-0.4, -0.2) is 36.5 Å². The second kappa shape index (κ2) is 6.64. The minimum atomic E-state index is -0.518. The van der Waals surface area contributed by atoms with Gasteiger partial charge in [0, 0.05) is 18.8 Å². The first-order valence-electron chi connectivity index (χ1n) is 5.88. The van der Waals surface area contributed by atoms with Crippen LogP contribution in [0, 0.1) is 0 Å². The Balaban J connectivity index is 2.51. The lowest BCUT2D eigenvalue weighted by molar-refractivity contribution is -0.134. The fourth-order valence-electron chi connectivity index (χ4n) is 1.50. The second-order valence-electron chi connectivity index (χ2n) is 3.76. The van der Waals surface area contributed by atoms with E-state index in [2.05, 4.69) is 0 Å². The predicted octanol–water partition coefficient (Wildman–Crippen LogP) is 1.29. The predicted molar refractivity (Wildman–Crippen MR) is 69.1 cm³/mol. The molecular formula is C13H18N2O3. The van der Waals surface area contributed by atoms with Gasteiger partial charge in [-0.15, -0.1) is 0 Å². The molecule has 0 heterocycles. The van der Waals surface area contributed by atoms with Crippen molar-refractivity contribution in [3.05, 3.63) is 29.8 Å². The zero-order valence-corrected chi connectivity index (χ0v) is 10.7. The van der Waals surface area contributed by atoms with Crippen molar-refractivity contribution in [1.29, 1.82) is 0 Å². The summed E-state index contributed by atoms with van der Waals surface area (Å²) < 4.78 is 4.94. The number of carbonyl (C=O) groups is 2. The number of hydrogen-bond acceptors (Lipinski definition) is 4. The molecule has 0 saturated heterocycles. The van der Waals surface area contributed by atoms with Crippen LogP contribution < -0.4 is 5.73 Å². The van der Waals surface area contributed by atoms with Crippen molar-refractivity contribution >= 4 is 17.6 Å². The number of hydrogen-bond donors (Lipinski definition) is 1. The Kier molecular flexibility index (Phi) is 5.17. The zero-order chi connectivity index (χ0) is 13.5. The van der Waals surface area contributed by atoms with Gasteiger partial charge in [-0.05, 0) is 38.1 Å². The fraction of sp³-hybridized carbons (Fsp3) is 0.385. The molecule has 18 heavy (non-hydrogen) atoms. The average molecular weight is 250 g/mol. The maximum absolute atomic E-state index is 11.6. The normalized spacial score (nSPS) is 9.89. The molecule has 5 nitrogen and oxygen atoms in total. The molecule has 0 spiro atoms. The van der Waals surface area contributed by atoms with Gasteiger partial charge in [0.2, 0.25) is 0 Å². The summed E-state index contributed by atoms with van der Waals surface area (Å²) in [7, 11) is 0. The molecule has 1 rings (SSSR count). The number of likely N-dealkylation sites (N-methyl/N-ethyl adjacent to an activating group) is 1. The molecule has 2 N–H and O–H groups in total. The quantitative estimate of drug-likeness (QED) is 0.631. The van der Waals surface area contributed by atoms with E-state index in [-0.39, 0.29) is 12.5 Å². The first-order chi connectivity index (χ1) is 8.58. The maximum Gasteiger partial charge on any atom is 0.338 e. The zero-order valence-electron chi connectivity index (χ0n) is 10.7. The summed E-state index contributed by atoms with van der Waals surface area (Å²) in [5.41, 5.74) is 6.47. The highest BCUT2D eigenvalue weighted by Gasteiger charge is 2.13. The van der Waals surface area contributed by atoms with Crippen LogP contribution in [0.25, 0.3) is 0 Å². The van der Waals surface area contributed by atoms with Crippen molar-refractivity contribution in [3.63, 3.8) is 0 Å². The lowest BCUT2D eigenvalue weighted by atomic mass is 10.2. The summed E-state index contributed by atoms with van der Waals surface area (Å²) in [6, 6.07) is 6.37.